The van der Waals surface area contributed by atoms with Gasteiger partial charge in [0.15, 0.2) is 0 Å². The van der Waals surface area contributed by atoms with Crippen LogP contribution >= 0.6 is 23.1 Å². The SMILES string of the molecule is CN(C)c1ccc([C@@H]2c3sc(=O)[nH]c3S[C@@H]3[C@@H]4C[C@@H]([C@@H]5C(=O)N(c6ccccc6C(F)(F)F)C(=O)[C@@H]45)[C@@H]23)cc1. The topological polar surface area (TPSA) is 73.5 Å². The second-order valence-corrected chi connectivity index (χ2v) is 13.2. The number of para-hydroxylation sites is 1. The normalized spacial score (nSPS) is 30.9. The van der Waals surface area contributed by atoms with Crippen LogP contribution in [0.25, 0.3) is 0 Å². The molecule has 1 aromatic heterocycles. The standard InChI is InChI=1S/C28H24F3N3O3S2/c1-33(2)13-9-7-12(8-10-13)18-19-14-11-15(22(19)38-24-23(18)39-27(37)32-24)21-20(14)25(35)34(26(21)36)17-6-4-3-5-16(17)28(29,30)31/h3-10,14-15,18-22H,11H2,1-2H3,(H,32,37)/t14-,15-,18+,19+,20+,21+,22-/m1/s1. The number of halogens is 3. The van der Waals surface area contributed by atoms with Crippen molar-refractivity contribution < 1.29 is 22.8 Å². The number of benzene rings is 2. The van der Waals surface area contributed by atoms with E-state index in [1.165, 1.54) is 29.5 Å². The number of alkyl halides is 3. The first kappa shape index (κ1) is 25.0. The summed E-state index contributed by atoms with van der Waals surface area (Å²) in [6.45, 7) is 0. The maximum Gasteiger partial charge on any atom is 0.418 e. The number of aromatic nitrogens is 1. The van der Waals surface area contributed by atoms with Gasteiger partial charge in [-0.2, -0.15) is 13.2 Å². The minimum absolute atomic E-state index is 0.0139. The molecule has 3 aromatic rings. The van der Waals surface area contributed by atoms with Crippen molar-refractivity contribution in [2.24, 2.45) is 29.6 Å². The predicted octanol–water partition coefficient (Wildman–Crippen LogP) is 5.20. The van der Waals surface area contributed by atoms with E-state index in [2.05, 4.69) is 17.1 Å². The van der Waals surface area contributed by atoms with Gasteiger partial charge in [-0.25, -0.2) is 4.90 Å². The van der Waals surface area contributed by atoms with Crippen LogP contribution < -0.4 is 14.7 Å². The molecule has 2 saturated carbocycles. The molecule has 3 heterocycles. The number of H-pyrrole nitrogens is 1. The van der Waals surface area contributed by atoms with Crippen LogP contribution in [0, 0.1) is 29.6 Å². The highest BCUT2D eigenvalue weighted by molar-refractivity contribution is 8.00. The van der Waals surface area contributed by atoms with E-state index in [-0.39, 0.29) is 39.5 Å². The number of aromatic amines is 1. The third kappa shape index (κ3) is 3.51. The summed E-state index contributed by atoms with van der Waals surface area (Å²) < 4.78 is 41.5. The van der Waals surface area contributed by atoms with Gasteiger partial charge in [-0.1, -0.05) is 35.6 Å². The Balaban J connectivity index is 1.31. The molecule has 0 radical (unpaired) electrons. The largest absolute Gasteiger partial charge is 0.418 e. The number of thioether (sulfide) groups is 1. The molecule has 0 unspecified atom stereocenters. The van der Waals surface area contributed by atoms with Crippen molar-refractivity contribution in [1.29, 1.82) is 0 Å². The number of fused-ring (bicyclic) bond motifs is 9. The maximum absolute atomic E-state index is 13.8. The molecular weight excluding hydrogens is 547 g/mol. The van der Waals surface area contributed by atoms with Crippen LogP contribution in [0.5, 0.6) is 0 Å². The number of thiazole rings is 1. The Bertz CT molecular complexity index is 1560. The van der Waals surface area contributed by atoms with E-state index < -0.39 is 35.4 Å². The first-order valence-electron chi connectivity index (χ1n) is 12.8. The molecule has 1 N–H and O–H groups in total. The molecule has 7 rings (SSSR count). The molecule has 6 nitrogen and oxygen atoms in total. The van der Waals surface area contributed by atoms with Crippen molar-refractivity contribution in [2.75, 3.05) is 23.9 Å². The van der Waals surface area contributed by atoms with Crippen LogP contribution in [-0.4, -0.2) is 36.1 Å². The van der Waals surface area contributed by atoms with E-state index in [1.807, 2.05) is 31.1 Å². The summed E-state index contributed by atoms with van der Waals surface area (Å²) >= 11 is 2.74. The lowest BCUT2D eigenvalue weighted by Crippen LogP contribution is -2.42. The van der Waals surface area contributed by atoms with Crippen molar-refractivity contribution in [3.63, 3.8) is 0 Å². The van der Waals surface area contributed by atoms with E-state index in [1.54, 1.807) is 11.8 Å². The van der Waals surface area contributed by atoms with E-state index in [4.69, 9.17) is 0 Å². The number of carbonyl (C=O) groups is 2. The van der Waals surface area contributed by atoms with E-state index in [0.717, 1.165) is 32.1 Å². The summed E-state index contributed by atoms with van der Waals surface area (Å²) in [5.41, 5.74) is 0.701. The van der Waals surface area contributed by atoms with Crippen LogP contribution in [0.4, 0.5) is 24.5 Å². The van der Waals surface area contributed by atoms with Crippen LogP contribution in [-0.2, 0) is 15.8 Å². The van der Waals surface area contributed by atoms with Crippen molar-refractivity contribution in [3.05, 3.63) is 74.2 Å². The molecule has 4 aliphatic rings. The van der Waals surface area contributed by atoms with Gasteiger partial charge in [-0.05, 0) is 54.0 Å². The fourth-order valence-corrected chi connectivity index (χ4v) is 10.4. The summed E-state index contributed by atoms with van der Waals surface area (Å²) in [5, 5.41) is 0.773. The van der Waals surface area contributed by atoms with Crippen LogP contribution in [0.3, 0.4) is 0 Å². The van der Waals surface area contributed by atoms with Gasteiger partial charge in [-0.3, -0.25) is 14.4 Å². The molecule has 11 heteroatoms. The second kappa shape index (κ2) is 8.47. The number of anilines is 2. The molecule has 0 spiro atoms. The first-order chi connectivity index (χ1) is 18.6. The molecule has 2 bridgehead atoms. The van der Waals surface area contributed by atoms with E-state index in [9.17, 15) is 27.6 Å². The molecule has 2 aliphatic heterocycles. The number of imide groups is 1. The molecule has 202 valence electrons. The number of nitrogens with zero attached hydrogens (tertiary/aromatic N) is 2. The summed E-state index contributed by atoms with van der Waals surface area (Å²) in [6, 6.07) is 13.0. The molecule has 2 aromatic carbocycles. The fourth-order valence-electron chi connectivity index (χ4n) is 7.52. The van der Waals surface area contributed by atoms with Gasteiger partial charge in [0, 0.05) is 35.8 Å². The number of carbonyl (C=O) groups excluding carboxylic acids is 2. The van der Waals surface area contributed by atoms with Crippen molar-refractivity contribution in [2.45, 2.75) is 28.8 Å². The molecule has 1 saturated heterocycles. The quantitative estimate of drug-likeness (QED) is 0.438. The van der Waals surface area contributed by atoms with Crippen LogP contribution in [0.1, 0.15) is 28.3 Å². The number of hydrogen-bond acceptors (Lipinski definition) is 6. The Hall–Kier alpha value is -3.05. The monoisotopic (exact) mass is 571 g/mol. The van der Waals surface area contributed by atoms with Crippen molar-refractivity contribution >= 4 is 46.3 Å². The van der Waals surface area contributed by atoms with Crippen LogP contribution in [0.2, 0.25) is 0 Å². The Morgan fingerprint density at radius 2 is 1.62 bits per heavy atom. The minimum atomic E-state index is -4.69. The van der Waals surface area contributed by atoms with E-state index >= 15 is 0 Å². The molecular formula is C28H24F3N3O3S2. The lowest BCUT2D eigenvalue weighted by Gasteiger charge is -2.43. The van der Waals surface area contributed by atoms with Gasteiger partial charge >= 0.3 is 11.0 Å². The van der Waals surface area contributed by atoms with Crippen molar-refractivity contribution in [1.82, 2.24) is 4.98 Å². The Labute approximate surface area is 230 Å². The predicted molar refractivity (Wildman–Crippen MR) is 143 cm³/mol. The number of amides is 2. The zero-order chi connectivity index (χ0) is 27.4. The molecule has 3 fully saturated rings. The summed E-state index contributed by atoms with van der Waals surface area (Å²) in [4.78, 5) is 46.5. The average Bonchev–Trinajstić information content (AvgIpc) is 3.62. The minimum Gasteiger partial charge on any atom is -0.378 e. The Kier molecular flexibility index (Phi) is 5.42. The first-order valence-corrected chi connectivity index (χ1v) is 14.5. The number of nitrogens with one attached hydrogen (secondary N) is 1. The maximum atomic E-state index is 13.8. The fraction of sp³-hybridized carbons (Fsp3) is 0.393. The Morgan fingerprint density at radius 1 is 0.949 bits per heavy atom. The summed E-state index contributed by atoms with van der Waals surface area (Å²) in [7, 11) is 3.92. The lowest BCUT2D eigenvalue weighted by atomic mass is 9.68. The zero-order valence-corrected chi connectivity index (χ0v) is 22.6. The Morgan fingerprint density at radius 3 is 2.28 bits per heavy atom. The van der Waals surface area contributed by atoms with E-state index in [0.29, 0.717) is 6.42 Å². The lowest BCUT2D eigenvalue weighted by molar-refractivity contribution is -0.137. The van der Waals surface area contributed by atoms with Gasteiger partial charge in [0.1, 0.15) is 0 Å². The van der Waals surface area contributed by atoms with Gasteiger partial charge in [-0.15, -0.1) is 11.8 Å². The average molecular weight is 572 g/mol. The summed E-state index contributed by atoms with van der Waals surface area (Å²) in [6.07, 6.45) is -4.02. The smallest absolute Gasteiger partial charge is 0.378 e. The molecule has 39 heavy (non-hydrogen) atoms. The number of hydrogen-bond donors (Lipinski definition) is 1. The number of rotatable bonds is 3. The van der Waals surface area contributed by atoms with Gasteiger partial charge in [0.25, 0.3) is 0 Å². The van der Waals surface area contributed by atoms with Crippen LogP contribution in [0.15, 0.2) is 58.4 Å². The summed E-state index contributed by atoms with van der Waals surface area (Å²) in [5.74, 6) is -2.86. The molecule has 7 atom stereocenters. The molecule has 2 amide bonds. The highest BCUT2D eigenvalue weighted by Gasteiger charge is 2.70. The third-order valence-corrected chi connectivity index (χ3v) is 11.5. The zero-order valence-electron chi connectivity index (χ0n) is 20.9. The highest BCUT2D eigenvalue weighted by atomic mass is 32.2. The molecule has 2 aliphatic carbocycles. The van der Waals surface area contributed by atoms with Gasteiger partial charge < -0.3 is 9.88 Å². The van der Waals surface area contributed by atoms with Gasteiger partial charge in [0.2, 0.25) is 11.8 Å². The highest BCUT2D eigenvalue weighted by Crippen LogP contribution is 2.68. The second-order valence-electron chi connectivity index (χ2n) is 11.0. The third-order valence-electron chi connectivity index (χ3n) is 8.94. The van der Waals surface area contributed by atoms with Crippen molar-refractivity contribution in [3.8, 4) is 0 Å². The van der Waals surface area contributed by atoms with Gasteiger partial charge in [0.05, 0.1) is 28.1 Å².